The van der Waals surface area contributed by atoms with Crippen molar-refractivity contribution in [1.29, 1.82) is 0 Å². The van der Waals surface area contributed by atoms with Crippen LogP contribution in [-0.4, -0.2) is 36.7 Å². The molecule has 2 unspecified atom stereocenters. The second-order valence-corrected chi connectivity index (χ2v) is 5.66. The van der Waals surface area contributed by atoms with E-state index in [2.05, 4.69) is 41.4 Å². The van der Waals surface area contributed by atoms with Gasteiger partial charge in [-0.15, -0.1) is 0 Å². The van der Waals surface area contributed by atoms with Crippen LogP contribution in [0.5, 0.6) is 5.75 Å². The smallest absolute Gasteiger partial charge is 0.119 e. The van der Waals surface area contributed by atoms with E-state index in [4.69, 9.17) is 4.74 Å². The average molecular weight is 260 g/mol. The first-order valence-electron chi connectivity index (χ1n) is 7.60. The summed E-state index contributed by atoms with van der Waals surface area (Å²) < 4.78 is 5.61. The van der Waals surface area contributed by atoms with Gasteiger partial charge in [0.25, 0.3) is 0 Å². The van der Waals surface area contributed by atoms with Crippen LogP contribution in [0, 0.1) is 0 Å². The molecule has 1 aromatic rings. The van der Waals surface area contributed by atoms with E-state index in [1.165, 1.54) is 38.0 Å². The molecule has 3 rings (SSSR count). The summed E-state index contributed by atoms with van der Waals surface area (Å²) >= 11 is 0. The van der Waals surface area contributed by atoms with Crippen molar-refractivity contribution in [2.75, 3.05) is 25.0 Å². The Balaban J connectivity index is 1.57. The van der Waals surface area contributed by atoms with Gasteiger partial charge in [-0.3, -0.25) is 4.90 Å². The van der Waals surface area contributed by atoms with Crippen molar-refractivity contribution in [3.8, 4) is 5.75 Å². The summed E-state index contributed by atoms with van der Waals surface area (Å²) in [7, 11) is 0. The van der Waals surface area contributed by atoms with Gasteiger partial charge in [0.1, 0.15) is 5.75 Å². The first kappa shape index (κ1) is 12.8. The monoisotopic (exact) mass is 260 g/mol. The molecule has 19 heavy (non-hydrogen) atoms. The molecule has 0 aromatic heterocycles. The first-order chi connectivity index (χ1) is 9.36. The topological polar surface area (TPSA) is 24.5 Å². The van der Waals surface area contributed by atoms with Crippen LogP contribution in [0.1, 0.15) is 32.6 Å². The average Bonchev–Trinajstić information content (AvgIpc) is 3.03. The fourth-order valence-corrected chi connectivity index (χ4v) is 3.33. The molecule has 2 atom stereocenters. The Bertz CT molecular complexity index is 404. The molecular weight excluding hydrogens is 236 g/mol. The molecule has 0 saturated carbocycles. The molecule has 1 aromatic carbocycles. The molecule has 2 aliphatic heterocycles. The molecule has 2 fully saturated rings. The fraction of sp³-hybridized carbons (Fsp3) is 0.625. The third-order valence-corrected chi connectivity index (χ3v) is 4.29. The number of hydrogen-bond acceptors (Lipinski definition) is 3. The summed E-state index contributed by atoms with van der Waals surface area (Å²) in [5.41, 5.74) is 1.22. The highest BCUT2D eigenvalue weighted by Crippen LogP contribution is 2.30. The number of nitrogens with one attached hydrogen (secondary N) is 1. The van der Waals surface area contributed by atoms with Crippen LogP contribution >= 0.6 is 0 Å². The zero-order chi connectivity index (χ0) is 13.1. The Morgan fingerprint density at radius 2 is 2.05 bits per heavy atom. The molecule has 2 saturated heterocycles. The fourth-order valence-electron chi connectivity index (χ4n) is 3.33. The van der Waals surface area contributed by atoms with Gasteiger partial charge in [-0.1, -0.05) is 6.92 Å². The largest absolute Gasteiger partial charge is 0.494 e. The number of ether oxygens (including phenoxy) is 1. The Morgan fingerprint density at radius 3 is 2.84 bits per heavy atom. The number of fused-ring (bicyclic) bond motifs is 1. The van der Waals surface area contributed by atoms with Crippen LogP contribution < -0.4 is 10.1 Å². The first-order valence-corrected chi connectivity index (χ1v) is 7.60. The number of nitrogens with zero attached hydrogens (tertiary/aromatic N) is 1. The van der Waals surface area contributed by atoms with E-state index in [-0.39, 0.29) is 0 Å². The van der Waals surface area contributed by atoms with Crippen molar-refractivity contribution in [3.05, 3.63) is 24.3 Å². The minimum absolute atomic E-state index is 0.630. The van der Waals surface area contributed by atoms with E-state index in [1.807, 2.05) is 0 Å². The van der Waals surface area contributed by atoms with Gasteiger partial charge in [-0.05, 0) is 56.5 Å². The highest BCUT2D eigenvalue weighted by atomic mass is 16.5. The van der Waals surface area contributed by atoms with E-state index in [0.717, 1.165) is 24.8 Å². The van der Waals surface area contributed by atoms with Gasteiger partial charge in [0.05, 0.1) is 6.61 Å². The highest BCUT2D eigenvalue weighted by molar-refractivity contribution is 5.47. The Labute approximate surface area is 115 Å². The summed E-state index contributed by atoms with van der Waals surface area (Å²) in [5.74, 6) is 0.973. The van der Waals surface area contributed by atoms with E-state index >= 15 is 0 Å². The van der Waals surface area contributed by atoms with Crippen LogP contribution in [0.3, 0.4) is 0 Å². The van der Waals surface area contributed by atoms with E-state index in [0.29, 0.717) is 6.04 Å². The number of anilines is 1. The normalized spacial score (nSPS) is 26.4. The van der Waals surface area contributed by atoms with Crippen LogP contribution in [0.4, 0.5) is 5.69 Å². The molecule has 0 radical (unpaired) electrons. The summed E-state index contributed by atoms with van der Waals surface area (Å²) in [6.45, 7) is 5.49. The lowest BCUT2D eigenvalue weighted by molar-refractivity contribution is 0.317. The maximum atomic E-state index is 5.61. The van der Waals surface area contributed by atoms with Crippen LogP contribution in [0.25, 0.3) is 0 Å². The quantitative estimate of drug-likeness (QED) is 0.880. The lowest BCUT2D eigenvalue weighted by Crippen LogP contribution is -2.33. The third-order valence-electron chi connectivity index (χ3n) is 4.29. The van der Waals surface area contributed by atoms with Gasteiger partial charge < -0.3 is 10.1 Å². The van der Waals surface area contributed by atoms with Gasteiger partial charge in [0, 0.05) is 24.3 Å². The SMILES string of the molecule is CCCOc1ccc(NC2CCN3CCCC23)cc1. The van der Waals surface area contributed by atoms with E-state index in [9.17, 15) is 0 Å². The second kappa shape index (κ2) is 5.83. The van der Waals surface area contributed by atoms with Gasteiger partial charge in [-0.2, -0.15) is 0 Å². The van der Waals surface area contributed by atoms with Crippen molar-refractivity contribution >= 4 is 5.69 Å². The lowest BCUT2D eigenvalue weighted by Gasteiger charge is -2.22. The van der Waals surface area contributed by atoms with Crippen molar-refractivity contribution < 1.29 is 4.74 Å². The van der Waals surface area contributed by atoms with Gasteiger partial charge in [0.15, 0.2) is 0 Å². The Kier molecular flexibility index (Phi) is 3.92. The standard InChI is InChI=1S/C16H24N2O/c1-2-12-19-14-7-5-13(6-8-14)17-15-9-11-18-10-3-4-16(15)18/h5-8,15-17H,2-4,9-12H2,1H3. The van der Waals surface area contributed by atoms with Crippen molar-refractivity contribution in [1.82, 2.24) is 4.90 Å². The minimum Gasteiger partial charge on any atom is -0.494 e. The molecule has 0 amide bonds. The molecule has 1 N–H and O–H groups in total. The summed E-state index contributed by atoms with van der Waals surface area (Å²) in [6, 6.07) is 9.81. The zero-order valence-electron chi connectivity index (χ0n) is 11.8. The van der Waals surface area contributed by atoms with E-state index < -0.39 is 0 Å². The molecule has 104 valence electrons. The zero-order valence-corrected chi connectivity index (χ0v) is 11.8. The maximum absolute atomic E-state index is 5.61. The summed E-state index contributed by atoms with van der Waals surface area (Å²) in [5, 5.41) is 3.70. The van der Waals surface area contributed by atoms with Crippen LogP contribution in [0.15, 0.2) is 24.3 Å². The predicted molar refractivity (Wildman–Crippen MR) is 78.9 cm³/mol. The minimum atomic E-state index is 0.630. The lowest BCUT2D eigenvalue weighted by atomic mass is 10.1. The molecular formula is C16H24N2O. The number of benzene rings is 1. The third kappa shape index (κ3) is 2.86. The molecule has 2 aliphatic rings. The number of rotatable bonds is 5. The summed E-state index contributed by atoms with van der Waals surface area (Å²) in [6.07, 6.45) is 5.06. The number of hydrogen-bond donors (Lipinski definition) is 1. The van der Waals surface area contributed by atoms with Crippen molar-refractivity contribution in [2.24, 2.45) is 0 Å². The molecule has 3 nitrogen and oxygen atoms in total. The Morgan fingerprint density at radius 1 is 1.21 bits per heavy atom. The highest BCUT2D eigenvalue weighted by Gasteiger charge is 2.36. The molecule has 2 heterocycles. The predicted octanol–water partition coefficient (Wildman–Crippen LogP) is 3.12. The molecule has 0 spiro atoms. The van der Waals surface area contributed by atoms with Gasteiger partial charge >= 0.3 is 0 Å². The van der Waals surface area contributed by atoms with Crippen LogP contribution in [-0.2, 0) is 0 Å². The van der Waals surface area contributed by atoms with Crippen molar-refractivity contribution in [2.45, 2.75) is 44.7 Å². The summed E-state index contributed by atoms with van der Waals surface area (Å²) in [4.78, 5) is 2.64. The molecule has 3 heteroatoms. The Hall–Kier alpha value is -1.22. The second-order valence-electron chi connectivity index (χ2n) is 5.66. The van der Waals surface area contributed by atoms with Crippen LogP contribution in [0.2, 0.25) is 0 Å². The van der Waals surface area contributed by atoms with E-state index in [1.54, 1.807) is 0 Å². The molecule has 0 bridgehead atoms. The van der Waals surface area contributed by atoms with Gasteiger partial charge in [-0.25, -0.2) is 0 Å². The maximum Gasteiger partial charge on any atom is 0.119 e. The molecule has 0 aliphatic carbocycles. The van der Waals surface area contributed by atoms with Gasteiger partial charge in [0.2, 0.25) is 0 Å². The van der Waals surface area contributed by atoms with Crippen molar-refractivity contribution in [3.63, 3.8) is 0 Å².